The Morgan fingerprint density at radius 2 is 1.95 bits per heavy atom. The van der Waals surface area contributed by atoms with Crippen molar-refractivity contribution in [1.29, 1.82) is 0 Å². The summed E-state index contributed by atoms with van der Waals surface area (Å²) in [5.41, 5.74) is -0.762. The first-order chi connectivity index (χ1) is 8.81. The van der Waals surface area contributed by atoms with Crippen molar-refractivity contribution >= 4 is 0 Å². The van der Waals surface area contributed by atoms with Gasteiger partial charge >= 0.3 is 6.18 Å². The standard InChI is InChI=1S/C12H16F3NO3/c1-16-6-9(17)11(18)7-3-4-8(12(13,14)15)10(5-7)19-2/h3-5,9,11,16-18H,6H2,1-2H3. The molecule has 1 aromatic carbocycles. The van der Waals surface area contributed by atoms with Gasteiger partial charge in [-0.05, 0) is 24.7 Å². The second kappa shape index (κ2) is 6.23. The van der Waals surface area contributed by atoms with E-state index in [2.05, 4.69) is 10.1 Å². The molecule has 0 heterocycles. The van der Waals surface area contributed by atoms with Crippen LogP contribution in [0.3, 0.4) is 0 Å². The van der Waals surface area contributed by atoms with Crippen molar-refractivity contribution in [2.75, 3.05) is 20.7 Å². The molecule has 0 fully saturated rings. The SMILES string of the molecule is CNCC(O)C(O)c1ccc(C(F)(F)F)c(OC)c1. The van der Waals surface area contributed by atoms with E-state index in [9.17, 15) is 23.4 Å². The normalized spacial score (nSPS) is 15.1. The van der Waals surface area contributed by atoms with Gasteiger partial charge < -0.3 is 20.3 Å². The highest BCUT2D eigenvalue weighted by Crippen LogP contribution is 2.37. The minimum atomic E-state index is -4.53. The molecule has 108 valence electrons. The summed E-state index contributed by atoms with van der Waals surface area (Å²) in [5, 5.41) is 22.1. The summed E-state index contributed by atoms with van der Waals surface area (Å²) in [5.74, 6) is -0.388. The summed E-state index contributed by atoms with van der Waals surface area (Å²) in [6.45, 7) is 0.116. The first-order valence-electron chi connectivity index (χ1n) is 5.57. The highest BCUT2D eigenvalue weighted by molar-refractivity contribution is 5.40. The maximum Gasteiger partial charge on any atom is 0.419 e. The number of aliphatic hydroxyl groups excluding tert-OH is 2. The average molecular weight is 279 g/mol. The summed E-state index contributed by atoms with van der Waals surface area (Å²) in [6.07, 6.45) is -6.94. The van der Waals surface area contributed by atoms with Crippen LogP contribution < -0.4 is 10.1 Å². The number of hydrogen-bond acceptors (Lipinski definition) is 4. The molecule has 0 aliphatic rings. The van der Waals surface area contributed by atoms with E-state index in [0.717, 1.165) is 25.3 Å². The fourth-order valence-electron chi connectivity index (χ4n) is 1.67. The van der Waals surface area contributed by atoms with Gasteiger partial charge in [0.2, 0.25) is 0 Å². The Bertz CT molecular complexity index is 423. The Kier molecular flexibility index (Phi) is 5.16. The number of nitrogens with one attached hydrogen (secondary N) is 1. The fourth-order valence-corrected chi connectivity index (χ4v) is 1.67. The van der Waals surface area contributed by atoms with E-state index in [1.165, 1.54) is 0 Å². The zero-order valence-electron chi connectivity index (χ0n) is 10.5. The maximum atomic E-state index is 12.6. The Labute approximate surface area is 108 Å². The number of halogens is 3. The monoisotopic (exact) mass is 279 g/mol. The average Bonchev–Trinajstić information content (AvgIpc) is 2.36. The first kappa shape index (κ1) is 15.7. The fraction of sp³-hybridized carbons (Fsp3) is 0.500. The summed E-state index contributed by atoms with van der Waals surface area (Å²) >= 11 is 0. The third kappa shape index (κ3) is 3.82. The second-order valence-electron chi connectivity index (χ2n) is 4.03. The van der Waals surface area contributed by atoms with Crippen LogP contribution in [0.1, 0.15) is 17.2 Å². The predicted octanol–water partition coefficient (Wildman–Crippen LogP) is 1.33. The second-order valence-corrected chi connectivity index (χ2v) is 4.03. The van der Waals surface area contributed by atoms with Crippen LogP contribution in [0.25, 0.3) is 0 Å². The molecule has 0 saturated heterocycles. The molecule has 3 N–H and O–H groups in total. The maximum absolute atomic E-state index is 12.6. The molecule has 19 heavy (non-hydrogen) atoms. The Balaban J connectivity index is 3.06. The van der Waals surface area contributed by atoms with Gasteiger partial charge in [0.1, 0.15) is 11.9 Å². The van der Waals surface area contributed by atoms with Crippen LogP contribution in [0.5, 0.6) is 5.75 Å². The Morgan fingerprint density at radius 3 is 2.42 bits per heavy atom. The number of benzene rings is 1. The van der Waals surface area contributed by atoms with Crippen molar-refractivity contribution in [3.05, 3.63) is 29.3 Å². The Morgan fingerprint density at radius 1 is 1.32 bits per heavy atom. The summed E-state index contributed by atoms with van der Waals surface area (Å²) in [6, 6.07) is 3.02. The molecule has 2 unspecified atom stereocenters. The topological polar surface area (TPSA) is 61.7 Å². The van der Waals surface area contributed by atoms with Crippen molar-refractivity contribution in [2.45, 2.75) is 18.4 Å². The lowest BCUT2D eigenvalue weighted by Gasteiger charge is -2.20. The van der Waals surface area contributed by atoms with Gasteiger partial charge in [0.25, 0.3) is 0 Å². The van der Waals surface area contributed by atoms with Gasteiger partial charge in [-0.2, -0.15) is 13.2 Å². The highest BCUT2D eigenvalue weighted by Gasteiger charge is 2.34. The molecule has 2 atom stereocenters. The molecule has 4 nitrogen and oxygen atoms in total. The number of alkyl halides is 3. The van der Waals surface area contributed by atoms with Gasteiger partial charge in [-0.3, -0.25) is 0 Å². The number of ether oxygens (including phenoxy) is 1. The molecule has 0 aliphatic carbocycles. The van der Waals surface area contributed by atoms with Gasteiger partial charge in [-0.15, -0.1) is 0 Å². The largest absolute Gasteiger partial charge is 0.496 e. The lowest BCUT2D eigenvalue weighted by atomic mass is 10.0. The minimum absolute atomic E-state index is 0.116. The molecule has 0 aromatic heterocycles. The van der Waals surface area contributed by atoms with E-state index in [1.807, 2.05) is 0 Å². The van der Waals surface area contributed by atoms with Gasteiger partial charge in [0, 0.05) is 6.54 Å². The van der Waals surface area contributed by atoms with Gasteiger partial charge in [0.15, 0.2) is 0 Å². The van der Waals surface area contributed by atoms with Crippen LogP contribution >= 0.6 is 0 Å². The third-order valence-electron chi connectivity index (χ3n) is 2.65. The third-order valence-corrected chi connectivity index (χ3v) is 2.65. The zero-order valence-corrected chi connectivity index (χ0v) is 10.5. The molecule has 0 amide bonds. The van der Waals surface area contributed by atoms with Crippen molar-refractivity contribution in [1.82, 2.24) is 5.32 Å². The number of likely N-dealkylation sites (N-methyl/N-ethyl adjacent to an activating group) is 1. The minimum Gasteiger partial charge on any atom is -0.496 e. The van der Waals surface area contributed by atoms with Crippen molar-refractivity contribution in [2.24, 2.45) is 0 Å². The molecule has 7 heteroatoms. The van der Waals surface area contributed by atoms with Crippen LogP contribution in [-0.2, 0) is 6.18 Å². The molecule has 0 saturated carbocycles. The lowest BCUT2D eigenvalue weighted by Crippen LogP contribution is -2.29. The molecule has 0 spiro atoms. The van der Waals surface area contributed by atoms with Crippen molar-refractivity contribution in [3.63, 3.8) is 0 Å². The molecule has 0 bridgehead atoms. The van der Waals surface area contributed by atoms with E-state index in [0.29, 0.717) is 0 Å². The highest BCUT2D eigenvalue weighted by atomic mass is 19.4. The van der Waals surface area contributed by atoms with Gasteiger partial charge in [0.05, 0.1) is 18.8 Å². The lowest BCUT2D eigenvalue weighted by molar-refractivity contribution is -0.138. The summed E-state index contributed by atoms with van der Waals surface area (Å²) < 4.78 is 42.6. The van der Waals surface area contributed by atoms with Crippen LogP contribution in [0, 0.1) is 0 Å². The molecule has 0 radical (unpaired) electrons. The molecular formula is C12H16F3NO3. The summed E-state index contributed by atoms with van der Waals surface area (Å²) in [7, 11) is 2.70. The molecular weight excluding hydrogens is 263 g/mol. The van der Waals surface area contributed by atoms with E-state index in [1.54, 1.807) is 7.05 Å². The number of hydrogen-bond donors (Lipinski definition) is 3. The molecule has 1 rings (SSSR count). The molecule has 1 aromatic rings. The van der Waals surface area contributed by atoms with E-state index in [4.69, 9.17) is 0 Å². The number of aliphatic hydroxyl groups is 2. The van der Waals surface area contributed by atoms with Crippen LogP contribution in [0.2, 0.25) is 0 Å². The quantitative estimate of drug-likeness (QED) is 0.761. The van der Waals surface area contributed by atoms with Crippen LogP contribution in [0.15, 0.2) is 18.2 Å². The van der Waals surface area contributed by atoms with Gasteiger partial charge in [-0.25, -0.2) is 0 Å². The van der Waals surface area contributed by atoms with E-state index >= 15 is 0 Å². The van der Waals surface area contributed by atoms with Crippen LogP contribution in [-0.4, -0.2) is 37.0 Å². The first-order valence-corrected chi connectivity index (χ1v) is 5.57. The smallest absolute Gasteiger partial charge is 0.419 e. The van der Waals surface area contributed by atoms with Crippen molar-refractivity contribution < 1.29 is 28.1 Å². The summed E-state index contributed by atoms with van der Waals surface area (Å²) in [4.78, 5) is 0. The number of methoxy groups -OCH3 is 1. The van der Waals surface area contributed by atoms with Gasteiger partial charge in [-0.1, -0.05) is 6.07 Å². The van der Waals surface area contributed by atoms with E-state index < -0.39 is 23.9 Å². The van der Waals surface area contributed by atoms with E-state index in [-0.39, 0.29) is 17.9 Å². The number of rotatable bonds is 5. The van der Waals surface area contributed by atoms with Crippen molar-refractivity contribution in [3.8, 4) is 5.75 Å². The predicted molar refractivity (Wildman–Crippen MR) is 62.9 cm³/mol. The zero-order chi connectivity index (χ0) is 14.6. The Hall–Kier alpha value is -1.31. The van der Waals surface area contributed by atoms with Crippen LogP contribution in [0.4, 0.5) is 13.2 Å². The molecule has 0 aliphatic heterocycles.